The van der Waals surface area contributed by atoms with Crippen molar-refractivity contribution in [1.82, 2.24) is 0 Å². The van der Waals surface area contributed by atoms with Crippen LogP contribution >= 0.6 is 0 Å². The van der Waals surface area contributed by atoms with Gasteiger partial charge in [-0.1, -0.05) is 12.8 Å². The minimum atomic E-state index is 0.295. The Morgan fingerprint density at radius 3 is 3.00 bits per heavy atom. The maximum absolute atomic E-state index is 5.13. The summed E-state index contributed by atoms with van der Waals surface area (Å²) in [6, 6.07) is 0. The smallest absolute Gasteiger partial charge is 0.126 e. The van der Waals surface area contributed by atoms with E-state index >= 15 is 0 Å². The van der Waals surface area contributed by atoms with Crippen molar-refractivity contribution in [1.29, 1.82) is 0 Å². The van der Waals surface area contributed by atoms with Crippen LogP contribution in [0.15, 0.2) is 0 Å². The lowest BCUT2D eigenvalue weighted by atomic mass is 10.2. The molecule has 1 rings (SSSR count). The van der Waals surface area contributed by atoms with Gasteiger partial charge < -0.3 is 9.47 Å². The van der Waals surface area contributed by atoms with E-state index in [1.165, 1.54) is 0 Å². The highest BCUT2D eigenvalue weighted by Gasteiger charge is 2.17. The molecule has 1 aliphatic rings. The highest BCUT2D eigenvalue weighted by atomic mass is 16.5. The molecule has 0 aromatic carbocycles. The summed E-state index contributed by atoms with van der Waals surface area (Å²) in [5, 5.41) is 0. The van der Waals surface area contributed by atoms with Gasteiger partial charge >= 0.3 is 0 Å². The molecule has 1 fully saturated rings. The van der Waals surface area contributed by atoms with E-state index in [1.807, 2.05) is 0 Å². The molecule has 0 saturated carbocycles. The van der Waals surface area contributed by atoms with E-state index in [-0.39, 0.29) is 0 Å². The van der Waals surface area contributed by atoms with E-state index in [0.29, 0.717) is 12.7 Å². The first-order valence-corrected chi connectivity index (χ1v) is 3.94. The first-order chi connectivity index (χ1) is 5.43. The van der Waals surface area contributed by atoms with Gasteiger partial charge in [0.15, 0.2) is 0 Å². The molecule has 11 heavy (non-hydrogen) atoms. The molecule has 2 heteroatoms. The highest BCUT2D eigenvalue weighted by molar-refractivity contribution is 4.91. The van der Waals surface area contributed by atoms with Crippen molar-refractivity contribution in [3.63, 3.8) is 0 Å². The zero-order chi connectivity index (χ0) is 7.94. The van der Waals surface area contributed by atoms with Crippen LogP contribution in [0.3, 0.4) is 0 Å². The number of rotatable bonds is 3. The van der Waals surface area contributed by atoms with Crippen molar-refractivity contribution in [2.45, 2.75) is 25.4 Å². The van der Waals surface area contributed by atoms with Crippen LogP contribution in [0, 0.1) is 19.0 Å². The Kier molecular flexibility index (Phi) is 3.85. The Bertz CT molecular complexity index is 151. The molecule has 1 atom stereocenters. The normalized spacial score (nSPS) is 21.4. The summed E-state index contributed by atoms with van der Waals surface area (Å²) < 4.78 is 10.2. The molecular weight excluding hydrogens is 140 g/mol. The summed E-state index contributed by atoms with van der Waals surface area (Å²) in [6.45, 7) is 5.15. The second-order valence-electron chi connectivity index (χ2n) is 2.47. The van der Waals surface area contributed by atoms with Crippen molar-refractivity contribution < 1.29 is 9.47 Å². The molecule has 2 nitrogen and oxygen atoms in total. The lowest BCUT2D eigenvalue weighted by Gasteiger charge is -2.24. The standard InChI is InChI=1S/C9H13O2/c1-2-3-4-6-10-8-9-5-7-11-9/h9H,1-3,5,7-8H2. The molecule has 0 N–H and O–H groups in total. The largest absolute Gasteiger partial charge is 0.444 e. The lowest BCUT2D eigenvalue weighted by molar-refractivity contribution is -0.0770. The molecule has 1 saturated heterocycles. The van der Waals surface area contributed by atoms with Crippen LogP contribution < -0.4 is 0 Å². The minimum Gasteiger partial charge on any atom is -0.444 e. The summed E-state index contributed by atoms with van der Waals surface area (Å²) in [6.07, 6.45) is 5.67. The molecule has 0 aromatic heterocycles. The maximum atomic E-state index is 5.13. The van der Waals surface area contributed by atoms with E-state index in [9.17, 15) is 0 Å². The SMILES string of the molecule is [CH2]CCC#COCC1CCO1. The fourth-order valence-electron chi connectivity index (χ4n) is 0.741. The van der Waals surface area contributed by atoms with Gasteiger partial charge in [0.1, 0.15) is 12.7 Å². The van der Waals surface area contributed by atoms with E-state index < -0.39 is 0 Å². The van der Waals surface area contributed by atoms with Gasteiger partial charge in [0, 0.05) is 19.4 Å². The summed E-state index contributed by atoms with van der Waals surface area (Å²) in [7, 11) is 0. The first-order valence-electron chi connectivity index (χ1n) is 3.94. The zero-order valence-electron chi connectivity index (χ0n) is 6.64. The van der Waals surface area contributed by atoms with Gasteiger partial charge in [-0.2, -0.15) is 0 Å². The van der Waals surface area contributed by atoms with E-state index in [4.69, 9.17) is 9.47 Å². The van der Waals surface area contributed by atoms with E-state index in [0.717, 1.165) is 25.9 Å². The Morgan fingerprint density at radius 1 is 1.64 bits per heavy atom. The van der Waals surface area contributed by atoms with Crippen molar-refractivity contribution in [2.75, 3.05) is 13.2 Å². The third-order valence-corrected chi connectivity index (χ3v) is 1.51. The van der Waals surface area contributed by atoms with Gasteiger partial charge in [0.2, 0.25) is 0 Å². The van der Waals surface area contributed by atoms with Crippen LogP contribution in [0.5, 0.6) is 0 Å². The molecule has 1 heterocycles. The van der Waals surface area contributed by atoms with Crippen LogP contribution in [-0.2, 0) is 9.47 Å². The maximum Gasteiger partial charge on any atom is 0.126 e. The fourth-order valence-corrected chi connectivity index (χ4v) is 0.741. The fraction of sp³-hybridized carbons (Fsp3) is 0.667. The lowest BCUT2D eigenvalue weighted by Crippen LogP contribution is -2.30. The molecule has 61 valence electrons. The molecule has 1 radical (unpaired) electrons. The number of hydrogen-bond acceptors (Lipinski definition) is 2. The highest BCUT2D eigenvalue weighted by Crippen LogP contribution is 2.09. The molecule has 0 aliphatic carbocycles. The first kappa shape index (κ1) is 8.42. The third-order valence-electron chi connectivity index (χ3n) is 1.51. The van der Waals surface area contributed by atoms with Gasteiger partial charge in [-0.3, -0.25) is 0 Å². The topological polar surface area (TPSA) is 18.5 Å². The van der Waals surface area contributed by atoms with E-state index in [2.05, 4.69) is 19.0 Å². The van der Waals surface area contributed by atoms with Gasteiger partial charge in [0.25, 0.3) is 0 Å². The van der Waals surface area contributed by atoms with Crippen LogP contribution in [0.1, 0.15) is 19.3 Å². The van der Waals surface area contributed by atoms with Crippen molar-refractivity contribution in [3.8, 4) is 12.0 Å². The predicted molar refractivity (Wildman–Crippen MR) is 42.7 cm³/mol. The quantitative estimate of drug-likeness (QED) is 0.570. The number of ether oxygens (including phenoxy) is 2. The molecule has 0 amide bonds. The number of unbranched alkanes of at least 4 members (excludes halogenated alkanes) is 1. The van der Waals surface area contributed by atoms with Gasteiger partial charge in [0.05, 0.1) is 6.10 Å². The summed E-state index contributed by atoms with van der Waals surface area (Å²) in [5.74, 6) is 2.85. The van der Waals surface area contributed by atoms with Gasteiger partial charge in [-0.25, -0.2) is 0 Å². The molecular formula is C9H13O2. The van der Waals surface area contributed by atoms with Crippen LogP contribution in [0.25, 0.3) is 0 Å². The second-order valence-corrected chi connectivity index (χ2v) is 2.47. The Morgan fingerprint density at radius 2 is 2.45 bits per heavy atom. The van der Waals surface area contributed by atoms with Crippen molar-refractivity contribution >= 4 is 0 Å². The molecule has 0 aromatic rings. The number of hydrogen-bond donors (Lipinski definition) is 0. The second kappa shape index (κ2) is 5.03. The predicted octanol–water partition coefficient (Wildman–Crippen LogP) is 1.37. The van der Waals surface area contributed by atoms with Gasteiger partial charge in [-0.05, 0) is 6.42 Å². The molecule has 1 aliphatic heterocycles. The van der Waals surface area contributed by atoms with Crippen molar-refractivity contribution in [2.24, 2.45) is 0 Å². The van der Waals surface area contributed by atoms with Crippen LogP contribution in [0.2, 0.25) is 0 Å². The summed E-state index contributed by atoms with van der Waals surface area (Å²) in [5.41, 5.74) is 0. The Balaban J connectivity index is 1.91. The van der Waals surface area contributed by atoms with E-state index in [1.54, 1.807) is 0 Å². The van der Waals surface area contributed by atoms with Crippen LogP contribution in [0.4, 0.5) is 0 Å². The molecule has 0 spiro atoms. The molecule has 1 unspecified atom stereocenters. The summed E-state index contributed by atoms with van der Waals surface area (Å²) >= 11 is 0. The van der Waals surface area contributed by atoms with Crippen LogP contribution in [-0.4, -0.2) is 19.3 Å². The third kappa shape index (κ3) is 3.29. The Hall–Kier alpha value is -0.680. The van der Waals surface area contributed by atoms with Gasteiger partial charge in [-0.15, -0.1) is 0 Å². The minimum absolute atomic E-state index is 0.295. The molecule has 0 bridgehead atoms. The average molecular weight is 153 g/mol. The zero-order valence-corrected chi connectivity index (χ0v) is 6.64. The summed E-state index contributed by atoms with van der Waals surface area (Å²) in [4.78, 5) is 0. The van der Waals surface area contributed by atoms with Crippen molar-refractivity contribution in [3.05, 3.63) is 6.92 Å². The monoisotopic (exact) mass is 153 g/mol. The average Bonchev–Trinajstić information content (AvgIpc) is 1.93. The Labute approximate surface area is 67.9 Å².